The van der Waals surface area contributed by atoms with Crippen LogP contribution in [0.5, 0.6) is 0 Å². The van der Waals surface area contributed by atoms with Crippen LogP contribution in [0, 0.1) is 5.92 Å². The van der Waals surface area contributed by atoms with Crippen molar-refractivity contribution in [3.05, 3.63) is 0 Å². The molecule has 12 heavy (non-hydrogen) atoms. The molecule has 0 aliphatic carbocycles. The number of nitrogens with one attached hydrogen (secondary N) is 1. The maximum Gasteiger partial charge on any atom is 0.0605 e. The normalized spacial score (nSPS) is 43.2. The number of fused-ring (bicyclic) bond motifs is 1. The summed E-state index contributed by atoms with van der Waals surface area (Å²) in [7, 11) is 0. The van der Waals surface area contributed by atoms with E-state index in [1.54, 1.807) is 0 Å². The summed E-state index contributed by atoms with van der Waals surface area (Å²) in [6.07, 6.45) is 2.93. The Hall–Kier alpha value is -0.120. The molecule has 70 valence electrons. The van der Waals surface area contributed by atoms with E-state index in [0.29, 0.717) is 12.0 Å². The van der Waals surface area contributed by atoms with Crippen molar-refractivity contribution in [2.75, 3.05) is 19.8 Å². The first-order chi connectivity index (χ1) is 5.88. The van der Waals surface area contributed by atoms with Crippen LogP contribution < -0.4 is 5.32 Å². The topological polar surface area (TPSA) is 41.5 Å². The number of aliphatic hydroxyl groups is 1. The molecule has 2 saturated heterocycles. The summed E-state index contributed by atoms with van der Waals surface area (Å²) in [6, 6.07) is 0.497. The van der Waals surface area contributed by atoms with Crippen LogP contribution in [-0.2, 0) is 4.74 Å². The Labute approximate surface area is 73.1 Å². The lowest BCUT2D eigenvalue weighted by Gasteiger charge is -2.32. The lowest BCUT2D eigenvalue weighted by atomic mass is 9.90. The summed E-state index contributed by atoms with van der Waals surface area (Å²) < 4.78 is 5.36. The van der Waals surface area contributed by atoms with Crippen molar-refractivity contribution in [2.24, 2.45) is 5.92 Å². The zero-order valence-corrected chi connectivity index (χ0v) is 7.33. The van der Waals surface area contributed by atoms with E-state index < -0.39 is 0 Å². The summed E-state index contributed by atoms with van der Waals surface area (Å²) >= 11 is 0. The van der Waals surface area contributed by atoms with E-state index in [1.165, 1.54) is 0 Å². The SMILES string of the molecule is OC1CCCNC2CCOCC12. The Morgan fingerprint density at radius 2 is 2.25 bits per heavy atom. The van der Waals surface area contributed by atoms with E-state index in [1.807, 2.05) is 0 Å². The second kappa shape index (κ2) is 3.73. The van der Waals surface area contributed by atoms with Gasteiger partial charge in [-0.25, -0.2) is 0 Å². The van der Waals surface area contributed by atoms with Gasteiger partial charge in [0.15, 0.2) is 0 Å². The fourth-order valence-corrected chi connectivity index (χ4v) is 2.21. The van der Waals surface area contributed by atoms with E-state index in [4.69, 9.17) is 4.74 Å². The van der Waals surface area contributed by atoms with Gasteiger partial charge in [-0.1, -0.05) is 0 Å². The number of aliphatic hydroxyl groups excluding tert-OH is 1. The molecule has 0 bridgehead atoms. The Morgan fingerprint density at radius 1 is 1.33 bits per heavy atom. The van der Waals surface area contributed by atoms with Gasteiger partial charge in [0.05, 0.1) is 12.7 Å². The van der Waals surface area contributed by atoms with Crippen molar-refractivity contribution in [1.82, 2.24) is 5.32 Å². The van der Waals surface area contributed by atoms with Gasteiger partial charge in [-0.3, -0.25) is 0 Å². The molecule has 3 heteroatoms. The fourth-order valence-electron chi connectivity index (χ4n) is 2.21. The van der Waals surface area contributed by atoms with Gasteiger partial charge in [-0.15, -0.1) is 0 Å². The third kappa shape index (κ3) is 1.63. The summed E-state index contributed by atoms with van der Waals surface area (Å²) in [5.41, 5.74) is 0. The molecule has 2 rings (SSSR count). The minimum atomic E-state index is -0.148. The Balaban J connectivity index is 2.01. The zero-order chi connectivity index (χ0) is 8.39. The molecule has 0 aromatic heterocycles. The van der Waals surface area contributed by atoms with Crippen molar-refractivity contribution >= 4 is 0 Å². The van der Waals surface area contributed by atoms with Crippen molar-refractivity contribution in [3.8, 4) is 0 Å². The molecule has 0 aromatic rings. The van der Waals surface area contributed by atoms with Crippen LogP contribution in [0.25, 0.3) is 0 Å². The molecule has 0 spiro atoms. The highest BCUT2D eigenvalue weighted by Crippen LogP contribution is 2.23. The molecule has 0 aromatic carbocycles. The quantitative estimate of drug-likeness (QED) is 0.544. The van der Waals surface area contributed by atoms with Gasteiger partial charge < -0.3 is 15.2 Å². The first kappa shape index (κ1) is 8.48. The Morgan fingerprint density at radius 3 is 3.17 bits per heavy atom. The van der Waals surface area contributed by atoms with Crippen LogP contribution in [0.1, 0.15) is 19.3 Å². The molecule has 2 aliphatic rings. The van der Waals surface area contributed by atoms with Crippen LogP contribution in [-0.4, -0.2) is 37.0 Å². The first-order valence-electron chi connectivity index (χ1n) is 4.87. The van der Waals surface area contributed by atoms with Gasteiger partial charge in [-0.05, 0) is 25.8 Å². The van der Waals surface area contributed by atoms with Crippen LogP contribution in [0.3, 0.4) is 0 Å². The average molecular weight is 171 g/mol. The summed E-state index contributed by atoms with van der Waals surface area (Å²) in [4.78, 5) is 0. The van der Waals surface area contributed by atoms with Gasteiger partial charge in [0.1, 0.15) is 0 Å². The van der Waals surface area contributed by atoms with Gasteiger partial charge in [0, 0.05) is 18.6 Å². The third-order valence-electron chi connectivity index (χ3n) is 2.98. The molecule has 2 heterocycles. The molecule has 3 nitrogen and oxygen atoms in total. The van der Waals surface area contributed by atoms with E-state index >= 15 is 0 Å². The van der Waals surface area contributed by atoms with Crippen LogP contribution in [0.2, 0.25) is 0 Å². The smallest absolute Gasteiger partial charge is 0.0605 e. The van der Waals surface area contributed by atoms with E-state index in [9.17, 15) is 5.11 Å². The fraction of sp³-hybridized carbons (Fsp3) is 1.00. The largest absolute Gasteiger partial charge is 0.393 e. The van der Waals surface area contributed by atoms with Gasteiger partial charge in [0.25, 0.3) is 0 Å². The standard InChI is InChI=1S/C9H17NO2/c11-9-2-1-4-10-8-3-5-12-6-7(8)9/h7-11H,1-6H2. The van der Waals surface area contributed by atoms with Crippen molar-refractivity contribution in [2.45, 2.75) is 31.4 Å². The lowest BCUT2D eigenvalue weighted by Crippen LogP contribution is -2.45. The molecule has 0 radical (unpaired) electrons. The minimum Gasteiger partial charge on any atom is -0.393 e. The van der Waals surface area contributed by atoms with Crippen LogP contribution in [0.15, 0.2) is 0 Å². The van der Waals surface area contributed by atoms with Gasteiger partial charge in [0.2, 0.25) is 0 Å². The highest BCUT2D eigenvalue weighted by molar-refractivity contribution is 4.86. The molecule has 3 unspecified atom stereocenters. The molecular formula is C9H17NO2. The summed E-state index contributed by atoms with van der Waals surface area (Å²) in [5, 5.41) is 13.2. The minimum absolute atomic E-state index is 0.148. The lowest BCUT2D eigenvalue weighted by molar-refractivity contribution is -0.0240. The summed E-state index contributed by atoms with van der Waals surface area (Å²) in [6.45, 7) is 2.64. The first-order valence-corrected chi connectivity index (χ1v) is 4.87. The number of hydrogen-bond donors (Lipinski definition) is 2. The molecule has 0 amide bonds. The second-order valence-electron chi connectivity index (χ2n) is 3.80. The van der Waals surface area contributed by atoms with Gasteiger partial charge in [-0.2, -0.15) is 0 Å². The molecular weight excluding hydrogens is 154 g/mol. The number of ether oxygens (including phenoxy) is 1. The maximum atomic E-state index is 9.76. The third-order valence-corrected chi connectivity index (χ3v) is 2.98. The molecule has 2 N–H and O–H groups in total. The van der Waals surface area contributed by atoms with Crippen LogP contribution in [0.4, 0.5) is 0 Å². The Kier molecular flexibility index (Phi) is 2.63. The highest BCUT2D eigenvalue weighted by atomic mass is 16.5. The summed E-state index contributed by atoms with van der Waals surface area (Å²) in [5.74, 6) is 0.334. The average Bonchev–Trinajstić information content (AvgIpc) is 2.29. The predicted octanol–water partition coefficient (Wildman–Crippen LogP) is 0.136. The highest BCUT2D eigenvalue weighted by Gasteiger charge is 2.32. The van der Waals surface area contributed by atoms with Crippen molar-refractivity contribution in [3.63, 3.8) is 0 Å². The molecule has 2 fully saturated rings. The molecule has 3 atom stereocenters. The number of hydrogen-bond acceptors (Lipinski definition) is 3. The van der Waals surface area contributed by atoms with E-state index in [0.717, 1.165) is 39.0 Å². The van der Waals surface area contributed by atoms with E-state index in [-0.39, 0.29) is 6.10 Å². The predicted molar refractivity (Wildman–Crippen MR) is 46.0 cm³/mol. The van der Waals surface area contributed by atoms with Crippen molar-refractivity contribution in [1.29, 1.82) is 0 Å². The zero-order valence-electron chi connectivity index (χ0n) is 7.33. The number of rotatable bonds is 0. The van der Waals surface area contributed by atoms with Gasteiger partial charge >= 0.3 is 0 Å². The molecule has 2 aliphatic heterocycles. The molecule has 0 saturated carbocycles. The monoisotopic (exact) mass is 171 g/mol. The van der Waals surface area contributed by atoms with Crippen molar-refractivity contribution < 1.29 is 9.84 Å². The van der Waals surface area contributed by atoms with E-state index in [2.05, 4.69) is 5.32 Å². The van der Waals surface area contributed by atoms with Crippen LogP contribution >= 0.6 is 0 Å². The maximum absolute atomic E-state index is 9.76. The second-order valence-corrected chi connectivity index (χ2v) is 3.80. The Bertz CT molecular complexity index is 151.